The molecule has 22 rings (SSSR count). The summed E-state index contributed by atoms with van der Waals surface area (Å²) < 4.78 is 73.6. The maximum atomic E-state index is 6.31. The van der Waals surface area contributed by atoms with Crippen LogP contribution in [0, 0.1) is 71.0 Å². The SMILES string of the molecule is COc1cc2cc(OC)c1OCC#CCC#CCOc1c(OC)cc(cc1OC)C13CC4CC(C1)CC(C4)(C3)c1cc(OC)c(c(OC)c1)OCC#CCC#CCOc1c(OC)cc(cc1OC)C13CC4CC(CC2(C4)C1)C3. The highest BCUT2D eigenvalue weighted by Crippen LogP contribution is 2.69. The summed E-state index contributed by atoms with van der Waals surface area (Å²) in [5.41, 5.74) is 4.53. The predicted octanol–water partition coefficient (Wildman–Crippen LogP) is 11.4. The molecule has 18 aliphatic rings. The monoisotopic (exact) mass is 1060 g/mol. The molecule has 4 aromatic rings. The van der Waals surface area contributed by atoms with E-state index in [-0.39, 0.29) is 48.1 Å². The zero-order valence-corrected chi connectivity index (χ0v) is 46.6. The fraction of sp³-hybridized carbons (Fsp3) is 0.515. The Kier molecular flexibility index (Phi) is 14.8. The van der Waals surface area contributed by atoms with E-state index >= 15 is 0 Å². The second-order valence-corrected chi connectivity index (χ2v) is 22.8. The molecule has 12 nitrogen and oxygen atoms in total. The van der Waals surface area contributed by atoms with Crippen LogP contribution in [-0.2, 0) is 21.7 Å². The van der Waals surface area contributed by atoms with Crippen molar-refractivity contribution >= 4 is 0 Å². The Hall–Kier alpha value is -7.28. The van der Waals surface area contributed by atoms with Gasteiger partial charge in [0.1, 0.15) is 26.4 Å². The summed E-state index contributed by atoms with van der Waals surface area (Å²) in [6.45, 7) is 0.563. The minimum absolute atomic E-state index is 0.0816. The molecule has 408 valence electrons. The molecule has 0 radical (unpaired) electrons. The molecule has 16 bridgehead atoms. The number of rotatable bonds is 8. The number of methoxy groups -OCH3 is 8. The highest BCUT2D eigenvalue weighted by molar-refractivity contribution is 5.61. The molecule has 8 aliphatic carbocycles. The van der Waals surface area contributed by atoms with Crippen LogP contribution in [0.1, 0.15) is 112 Å². The van der Waals surface area contributed by atoms with Crippen LogP contribution in [0.3, 0.4) is 0 Å². The van der Waals surface area contributed by atoms with Gasteiger partial charge in [-0.25, -0.2) is 0 Å². The molecule has 4 spiro atoms. The van der Waals surface area contributed by atoms with E-state index in [0.717, 1.165) is 64.2 Å². The van der Waals surface area contributed by atoms with Crippen LogP contribution >= 0.6 is 0 Å². The quantitative estimate of drug-likeness (QED) is 0.157. The van der Waals surface area contributed by atoms with Gasteiger partial charge in [-0.2, -0.15) is 0 Å². The van der Waals surface area contributed by atoms with Crippen LogP contribution in [0.25, 0.3) is 0 Å². The van der Waals surface area contributed by atoms with Crippen molar-refractivity contribution in [2.45, 2.75) is 112 Å². The van der Waals surface area contributed by atoms with Gasteiger partial charge in [0.2, 0.25) is 23.0 Å². The maximum Gasteiger partial charge on any atom is 0.204 e. The van der Waals surface area contributed by atoms with Gasteiger partial charge >= 0.3 is 0 Å². The van der Waals surface area contributed by atoms with Crippen molar-refractivity contribution in [3.63, 3.8) is 0 Å². The topological polar surface area (TPSA) is 111 Å². The number of hydrogen-bond donors (Lipinski definition) is 0. The van der Waals surface area contributed by atoms with E-state index in [4.69, 9.17) is 56.8 Å². The highest BCUT2D eigenvalue weighted by atomic mass is 16.6. The Morgan fingerprint density at radius 2 is 0.500 bits per heavy atom. The molecule has 0 N–H and O–H groups in total. The molecule has 4 aromatic carbocycles. The van der Waals surface area contributed by atoms with Gasteiger partial charge in [-0.05, 0) is 193 Å². The van der Waals surface area contributed by atoms with E-state index in [2.05, 4.69) is 95.9 Å². The molecule has 8 fully saturated rings. The number of ether oxygens (including phenoxy) is 12. The number of hydrogen-bond acceptors (Lipinski definition) is 12. The van der Waals surface area contributed by atoms with Crippen molar-refractivity contribution in [3.05, 3.63) is 70.8 Å². The molecule has 0 atom stereocenters. The second kappa shape index (κ2) is 21.9. The molecular formula is C66H72O12. The van der Waals surface area contributed by atoms with Crippen LogP contribution in [0.4, 0.5) is 0 Å². The van der Waals surface area contributed by atoms with Crippen molar-refractivity contribution in [2.75, 3.05) is 83.3 Å². The summed E-state index contributed by atoms with van der Waals surface area (Å²) in [7, 11) is 13.5. The first-order valence-electron chi connectivity index (χ1n) is 27.5. The van der Waals surface area contributed by atoms with E-state index in [1.54, 1.807) is 56.9 Å². The summed E-state index contributed by atoms with van der Waals surface area (Å²) in [6.07, 6.45) is 13.9. The summed E-state index contributed by atoms with van der Waals surface area (Å²) in [5, 5.41) is 0. The van der Waals surface area contributed by atoms with Crippen molar-refractivity contribution in [3.8, 4) is 116 Å². The normalized spacial score (nSPS) is 28.2. The molecule has 0 unspecified atom stereocenters. The lowest BCUT2D eigenvalue weighted by Crippen LogP contribution is -2.56. The van der Waals surface area contributed by atoms with Crippen LogP contribution < -0.4 is 56.8 Å². The third kappa shape index (κ3) is 9.65. The first kappa shape index (κ1) is 52.8. The Morgan fingerprint density at radius 3 is 0.679 bits per heavy atom. The summed E-state index contributed by atoms with van der Waals surface area (Å²) >= 11 is 0. The van der Waals surface area contributed by atoms with Gasteiger partial charge in [0.15, 0.2) is 46.0 Å². The van der Waals surface area contributed by atoms with Crippen LogP contribution in [0.5, 0.6) is 69.0 Å². The number of benzene rings is 4. The molecule has 12 heteroatoms. The van der Waals surface area contributed by atoms with Gasteiger partial charge in [-0.1, -0.05) is 47.4 Å². The first-order chi connectivity index (χ1) is 38.1. The molecular weight excluding hydrogens is 985 g/mol. The third-order valence-corrected chi connectivity index (χ3v) is 18.4. The van der Waals surface area contributed by atoms with Crippen molar-refractivity contribution in [1.29, 1.82) is 0 Å². The fourth-order valence-corrected chi connectivity index (χ4v) is 16.2. The minimum Gasteiger partial charge on any atom is -0.493 e. The summed E-state index contributed by atoms with van der Waals surface area (Å²) in [6, 6.07) is 17.3. The van der Waals surface area contributed by atoms with Gasteiger partial charge < -0.3 is 56.8 Å². The van der Waals surface area contributed by atoms with E-state index in [1.807, 2.05) is 0 Å². The van der Waals surface area contributed by atoms with Crippen molar-refractivity contribution in [2.24, 2.45) is 23.7 Å². The molecule has 8 saturated carbocycles. The zero-order chi connectivity index (χ0) is 54.1. The van der Waals surface area contributed by atoms with Gasteiger partial charge in [-0.3, -0.25) is 0 Å². The lowest BCUT2D eigenvalue weighted by atomic mass is 9.41. The predicted molar refractivity (Wildman–Crippen MR) is 297 cm³/mol. The Labute approximate surface area is 460 Å². The maximum absolute atomic E-state index is 6.31. The third-order valence-electron chi connectivity index (χ3n) is 18.4. The molecule has 0 aromatic heterocycles. The Balaban J connectivity index is 0.899. The molecule has 78 heavy (non-hydrogen) atoms. The molecule has 0 amide bonds. The summed E-state index contributed by atoms with van der Waals surface area (Å²) in [4.78, 5) is 0. The van der Waals surface area contributed by atoms with Crippen molar-refractivity contribution in [1.82, 2.24) is 0 Å². The first-order valence-corrected chi connectivity index (χ1v) is 27.5. The van der Waals surface area contributed by atoms with Crippen molar-refractivity contribution < 1.29 is 56.8 Å². The minimum atomic E-state index is -0.0816. The molecule has 10 aliphatic heterocycles. The lowest BCUT2D eigenvalue weighted by molar-refractivity contribution is -0.0286. The van der Waals surface area contributed by atoms with Gasteiger partial charge in [-0.15, -0.1) is 0 Å². The molecule has 10 heterocycles. The molecule has 0 saturated heterocycles. The lowest BCUT2D eigenvalue weighted by Gasteiger charge is -2.63. The van der Waals surface area contributed by atoms with Gasteiger partial charge in [0, 0.05) is 0 Å². The zero-order valence-electron chi connectivity index (χ0n) is 46.6. The second-order valence-electron chi connectivity index (χ2n) is 22.8. The van der Waals surface area contributed by atoms with E-state index in [1.165, 1.54) is 35.1 Å². The Morgan fingerprint density at radius 1 is 0.308 bits per heavy atom. The Bertz CT molecular complexity index is 2650. The fourth-order valence-electron chi connectivity index (χ4n) is 16.2. The average molecular weight is 1060 g/mol. The van der Waals surface area contributed by atoms with Crippen LogP contribution in [0.15, 0.2) is 48.5 Å². The van der Waals surface area contributed by atoms with E-state index < -0.39 is 0 Å². The van der Waals surface area contributed by atoms with Crippen LogP contribution in [-0.4, -0.2) is 83.3 Å². The van der Waals surface area contributed by atoms with E-state index in [9.17, 15) is 0 Å². The largest absolute Gasteiger partial charge is 0.493 e. The standard InChI is InChI=1S/C66H72O12/c1-67-51-25-47-26-52(68-2)59(51)75-19-15-11-9-12-16-20-76-61-55(71-5)29-49(30-56(61)72-6)65-37-45-24-46(38-65)40-66(39-45,42-65)50-31-57(73-7)62(58(32-50)74-8)78-22-18-14-10-13-17-21-77-60-53(69-3)27-48(28-54(60)70-4)64-35-43-23-44(36-64)34-63(47,33-43)41-64/h25-32,43-46H,9-10,19-24,33-42H2,1-8H3. The highest BCUT2D eigenvalue weighted by Gasteiger charge is 2.61. The summed E-state index contributed by atoms with van der Waals surface area (Å²) in [5.74, 6) is 34.6. The van der Waals surface area contributed by atoms with Crippen LogP contribution in [0.2, 0.25) is 0 Å². The smallest absolute Gasteiger partial charge is 0.204 e. The van der Waals surface area contributed by atoms with E-state index in [0.29, 0.717) is 106 Å². The van der Waals surface area contributed by atoms with Gasteiger partial charge in [0.25, 0.3) is 0 Å². The average Bonchev–Trinajstić information content (AvgIpc) is 3.63. The van der Waals surface area contributed by atoms with Gasteiger partial charge in [0.05, 0.1) is 69.7 Å².